The van der Waals surface area contributed by atoms with Gasteiger partial charge in [0.25, 0.3) is 0 Å². The zero-order valence-electron chi connectivity index (χ0n) is 64.1. The maximum absolute atomic E-state index is 13.1. The van der Waals surface area contributed by atoms with Gasteiger partial charge in [0.05, 0.1) is 26.4 Å². The van der Waals surface area contributed by atoms with E-state index in [4.69, 9.17) is 37.0 Å². The van der Waals surface area contributed by atoms with Gasteiger partial charge in [-0.15, -0.1) is 0 Å². The fourth-order valence-electron chi connectivity index (χ4n) is 12.2. The van der Waals surface area contributed by atoms with Crippen LogP contribution in [0.3, 0.4) is 0 Å². The number of aliphatic hydroxyl groups is 1. The molecule has 0 rings (SSSR count). The number of hydrogen-bond acceptors (Lipinski definition) is 15. The number of carbonyl (C=O) groups is 4. The molecule has 0 aliphatic carbocycles. The van der Waals surface area contributed by atoms with Gasteiger partial charge in [-0.05, 0) is 37.5 Å². The number of esters is 4. The number of carbonyl (C=O) groups excluding carboxylic acids is 4. The Labute approximate surface area is 600 Å². The van der Waals surface area contributed by atoms with Crippen LogP contribution in [0, 0.1) is 11.8 Å². The summed E-state index contributed by atoms with van der Waals surface area (Å²) in [5, 5.41) is 10.6. The summed E-state index contributed by atoms with van der Waals surface area (Å²) in [5.41, 5.74) is 0. The van der Waals surface area contributed by atoms with Crippen molar-refractivity contribution in [3.8, 4) is 0 Å². The maximum Gasteiger partial charge on any atom is 0.472 e. The molecule has 3 N–H and O–H groups in total. The average molecular weight is 1440 g/mol. The van der Waals surface area contributed by atoms with Crippen LogP contribution in [-0.2, 0) is 65.4 Å². The molecule has 0 saturated heterocycles. The summed E-state index contributed by atoms with van der Waals surface area (Å²) >= 11 is 0. The van der Waals surface area contributed by atoms with E-state index in [1.807, 2.05) is 0 Å². The lowest BCUT2D eigenvalue weighted by Gasteiger charge is -2.21. The zero-order chi connectivity index (χ0) is 72.1. The first kappa shape index (κ1) is 96.1. The molecular formula is C79H154O17P2. The van der Waals surface area contributed by atoms with Crippen LogP contribution >= 0.6 is 15.6 Å². The van der Waals surface area contributed by atoms with E-state index in [9.17, 15) is 43.2 Å². The Balaban J connectivity index is 5.22. The van der Waals surface area contributed by atoms with E-state index < -0.39 is 97.5 Å². The highest BCUT2D eigenvalue weighted by Gasteiger charge is 2.30. The third-order valence-corrected chi connectivity index (χ3v) is 20.7. The molecule has 0 aliphatic rings. The molecule has 0 saturated carbocycles. The molecule has 3 unspecified atom stereocenters. The van der Waals surface area contributed by atoms with E-state index in [0.29, 0.717) is 31.6 Å². The number of rotatable bonds is 78. The second-order valence-corrected chi connectivity index (χ2v) is 32.1. The minimum atomic E-state index is -4.96. The standard InChI is InChI=1S/C79H154O17P2/c1-7-10-12-14-16-18-20-21-22-23-24-25-26-31-35-39-45-52-58-64-79(84)95-74(67-89-76(81)61-55-49-43-37-34-30-28-27-29-33-36-42-48-54-60-72(6)9-3)69-93-97(85,86)91-65-73(80)66-92-98(87,88)94-70-75(68-90-77(82)62-56-50-46-40-41-47-53-59-71(4)5)96-78(83)63-57-51-44-38-32-19-17-15-13-11-8-2/h71-75,80H,7-70H2,1-6H3,(H,85,86)(H,87,88)/t72?,73-,74-,75-/m1/s1. The molecule has 0 aliphatic heterocycles. The Kier molecular flexibility index (Phi) is 69.3. The monoisotopic (exact) mass is 1440 g/mol. The van der Waals surface area contributed by atoms with E-state index >= 15 is 0 Å². The van der Waals surface area contributed by atoms with Gasteiger partial charge in [0.15, 0.2) is 12.2 Å². The van der Waals surface area contributed by atoms with Crippen molar-refractivity contribution in [2.45, 2.75) is 432 Å². The lowest BCUT2D eigenvalue weighted by atomic mass is 9.99. The smallest absolute Gasteiger partial charge is 0.462 e. The van der Waals surface area contributed by atoms with Crippen molar-refractivity contribution in [2.24, 2.45) is 11.8 Å². The van der Waals surface area contributed by atoms with Gasteiger partial charge in [0, 0.05) is 25.7 Å². The first-order valence-corrected chi connectivity index (χ1v) is 44.0. The normalized spacial score (nSPS) is 14.2. The van der Waals surface area contributed by atoms with Crippen molar-refractivity contribution < 1.29 is 80.2 Å². The average Bonchev–Trinajstić information content (AvgIpc) is 0.980. The van der Waals surface area contributed by atoms with Crippen molar-refractivity contribution in [2.75, 3.05) is 39.6 Å². The summed E-state index contributed by atoms with van der Waals surface area (Å²) in [6.07, 6.45) is 59.7. The summed E-state index contributed by atoms with van der Waals surface area (Å²) < 4.78 is 68.6. The van der Waals surface area contributed by atoms with E-state index in [1.165, 1.54) is 225 Å². The fourth-order valence-corrected chi connectivity index (χ4v) is 13.7. The first-order valence-electron chi connectivity index (χ1n) is 41.0. The van der Waals surface area contributed by atoms with Crippen LogP contribution in [0.1, 0.15) is 414 Å². The Morgan fingerprint density at radius 1 is 0.296 bits per heavy atom. The number of unbranched alkanes of at least 4 members (excludes halogenated alkanes) is 47. The predicted molar refractivity (Wildman–Crippen MR) is 400 cm³/mol. The molecule has 0 aromatic carbocycles. The SMILES string of the molecule is CCCCCCCCCCCCCCCCCCCCCC(=O)O[C@H](COC(=O)CCCCCCCCCCCCCCCCC(C)CC)COP(=O)(O)OC[C@@H](O)COP(=O)(O)OC[C@@H](COC(=O)CCCCCCCCCC(C)C)OC(=O)CCCCCCCCCCCCC. The largest absolute Gasteiger partial charge is 0.472 e. The van der Waals surface area contributed by atoms with Crippen LogP contribution in [0.5, 0.6) is 0 Å². The van der Waals surface area contributed by atoms with Crippen molar-refractivity contribution in [1.29, 1.82) is 0 Å². The van der Waals surface area contributed by atoms with Gasteiger partial charge in [-0.25, -0.2) is 9.13 Å². The summed E-state index contributed by atoms with van der Waals surface area (Å²) in [6.45, 7) is 9.61. The van der Waals surface area contributed by atoms with Gasteiger partial charge in [0.1, 0.15) is 19.3 Å². The Bertz CT molecular complexity index is 1890. The second kappa shape index (κ2) is 70.7. The highest BCUT2D eigenvalue weighted by atomic mass is 31.2. The predicted octanol–water partition coefficient (Wildman–Crippen LogP) is 23.5. The van der Waals surface area contributed by atoms with Gasteiger partial charge in [-0.2, -0.15) is 0 Å². The van der Waals surface area contributed by atoms with Crippen LogP contribution in [0.25, 0.3) is 0 Å². The molecular weight excluding hydrogens is 1280 g/mol. The summed E-state index contributed by atoms with van der Waals surface area (Å²) in [4.78, 5) is 72.9. The molecule has 19 heteroatoms. The third kappa shape index (κ3) is 71.1. The molecule has 0 heterocycles. The summed E-state index contributed by atoms with van der Waals surface area (Å²) in [7, 11) is -9.91. The number of hydrogen-bond donors (Lipinski definition) is 3. The van der Waals surface area contributed by atoms with Crippen LogP contribution in [0.4, 0.5) is 0 Å². The van der Waals surface area contributed by atoms with Crippen LogP contribution in [0.2, 0.25) is 0 Å². The highest BCUT2D eigenvalue weighted by Crippen LogP contribution is 2.45. The van der Waals surface area contributed by atoms with Crippen molar-refractivity contribution in [3.63, 3.8) is 0 Å². The van der Waals surface area contributed by atoms with Crippen LogP contribution in [0.15, 0.2) is 0 Å². The van der Waals surface area contributed by atoms with Crippen LogP contribution in [-0.4, -0.2) is 96.7 Å². The van der Waals surface area contributed by atoms with Crippen LogP contribution < -0.4 is 0 Å². The van der Waals surface area contributed by atoms with Gasteiger partial charge < -0.3 is 33.8 Å². The molecule has 98 heavy (non-hydrogen) atoms. The topological polar surface area (TPSA) is 237 Å². The third-order valence-electron chi connectivity index (χ3n) is 18.8. The second-order valence-electron chi connectivity index (χ2n) is 29.2. The van der Waals surface area contributed by atoms with Crippen molar-refractivity contribution >= 4 is 39.5 Å². The van der Waals surface area contributed by atoms with Crippen molar-refractivity contribution in [3.05, 3.63) is 0 Å². The van der Waals surface area contributed by atoms with Gasteiger partial charge in [-0.1, -0.05) is 363 Å². The number of aliphatic hydroxyl groups excluding tert-OH is 1. The molecule has 6 atom stereocenters. The zero-order valence-corrected chi connectivity index (χ0v) is 65.9. The molecule has 582 valence electrons. The number of phosphoric ester groups is 2. The Morgan fingerprint density at radius 2 is 0.520 bits per heavy atom. The molecule has 0 aromatic heterocycles. The first-order chi connectivity index (χ1) is 47.4. The van der Waals surface area contributed by atoms with E-state index in [2.05, 4.69) is 41.5 Å². The number of ether oxygens (including phenoxy) is 4. The fraction of sp³-hybridized carbons (Fsp3) is 0.949. The van der Waals surface area contributed by atoms with Gasteiger partial charge in [0.2, 0.25) is 0 Å². The lowest BCUT2D eigenvalue weighted by Crippen LogP contribution is -2.30. The molecule has 0 fully saturated rings. The van der Waals surface area contributed by atoms with E-state index in [1.54, 1.807) is 0 Å². The summed E-state index contributed by atoms with van der Waals surface area (Å²) in [6, 6.07) is 0. The van der Waals surface area contributed by atoms with Gasteiger partial charge in [-0.3, -0.25) is 37.3 Å². The molecule has 17 nitrogen and oxygen atoms in total. The molecule has 0 spiro atoms. The maximum atomic E-state index is 13.1. The van der Waals surface area contributed by atoms with Crippen molar-refractivity contribution in [1.82, 2.24) is 0 Å². The lowest BCUT2D eigenvalue weighted by molar-refractivity contribution is -0.161. The Morgan fingerprint density at radius 3 is 0.776 bits per heavy atom. The van der Waals surface area contributed by atoms with E-state index in [0.717, 1.165) is 102 Å². The molecule has 0 aromatic rings. The molecule has 0 bridgehead atoms. The number of phosphoric acid groups is 2. The minimum absolute atomic E-state index is 0.106. The molecule has 0 amide bonds. The quantitative estimate of drug-likeness (QED) is 0.0222. The highest BCUT2D eigenvalue weighted by molar-refractivity contribution is 7.47. The molecule has 0 radical (unpaired) electrons. The van der Waals surface area contributed by atoms with Gasteiger partial charge >= 0.3 is 39.5 Å². The Hall–Kier alpha value is -1.94. The minimum Gasteiger partial charge on any atom is -0.462 e. The summed E-state index contributed by atoms with van der Waals surface area (Å²) in [5.74, 6) is -0.557. The van der Waals surface area contributed by atoms with E-state index in [-0.39, 0.29) is 25.7 Å².